The molecule has 1 saturated heterocycles. The number of H-pyrrole nitrogens is 1. The number of primary amides is 1. The zero-order valence-corrected chi connectivity index (χ0v) is 15.2. The third-order valence-corrected chi connectivity index (χ3v) is 6.35. The standard InChI is InChI=1S/C17H22N4O3S/c1-4-25(23,24)21-9-7-20(8-10-21)14-6-5-13(17(18)22)16-15(14)11(2)12(3)19-16/h4-6,19H,1,7-10H2,2-3H3,(H2,18,22). The van der Waals surface area contributed by atoms with Crippen LogP contribution in [0.5, 0.6) is 0 Å². The first-order valence-electron chi connectivity index (χ1n) is 8.05. The van der Waals surface area contributed by atoms with Gasteiger partial charge in [-0.15, -0.1) is 0 Å². The second-order valence-corrected chi connectivity index (χ2v) is 8.10. The first-order valence-corrected chi connectivity index (χ1v) is 9.56. The lowest BCUT2D eigenvalue weighted by molar-refractivity contribution is 0.100. The van der Waals surface area contributed by atoms with E-state index in [9.17, 15) is 13.2 Å². The zero-order chi connectivity index (χ0) is 18.4. The Hall–Kier alpha value is -2.32. The maximum absolute atomic E-state index is 11.9. The highest BCUT2D eigenvalue weighted by Gasteiger charge is 2.26. The monoisotopic (exact) mass is 362 g/mol. The summed E-state index contributed by atoms with van der Waals surface area (Å²) in [5.41, 5.74) is 9.72. The molecule has 134 valence electrons. The summed E-state index contributed by atoms with van der Waals surface area (Å²) in [4.78, 5) is 17.1. The van der Waals surface area contributed by atoms with Crippen LogP contribution in [0.2, 0.25) is 0 Å². The fraction of sp³-hybridized carbons (Fsp3) is 0.353. The first-order chi connectivity index (χ1) is 11.8. The number of aryl methyl sites for hydroxylation is 2. The van der Waals surface area contributed by atoms with Crippen molar-refractivity contribution in [3.63, 3.8) is 0 Å². The SMILES string of the molecule is C=CS(=O)(=O)N1CCN(c2ccc(C(N)=O)c3[nH]c(C)c(C)c23)CC1. The lowest BCUT2D eigenvalue weighted by Crippen LogP contribution is -2.48. The molecule has 2 heterocycles. The van der Waals surface area contributed by atoms with Crippen LogP contribution < -0.4 is 10.6 Å². The normalized spacial score (nSPS) is 16.3. The van der Waals surface area contributed by atoms with Crippen molar-refractivity contribution >= 4 is 32.5 Å². The number of hydrogen-bond acceptors (Lipinski definition) is 4. The van der Waals surface area contributed by atoms with Crippen molar-refractivity contribution < 1.29 is 13.2 Å². The molecule has 2 aromatic rings. The highest BCUT2D eigenvalue weighted by atomic mass is 32.2. The van der Waals surface area contributed by atoms with Gasteiger partial charge in [0, 0.05) is 48.4 Å². The molecule has 0 aliphatic carbocycles. The molecule has 1 aromatic heterocycles. The number of rotatable bonds is 4. The highest BCUT2D eigenvalue weighted by molar-refractivity contribution is 7.92. The van der Waals surface area contributed by atoms with Gasteiger partial charge in [0.2, 0.25) is 10.0 Å². The van der Waals surface area contributed by atoms with E-state index < -0.39 is 15.9 Å². The molecule has 3 rings (SSSR count). The molecular formula is C17H22N4O3S. The topological polar surface area (TPSA) is 99.5 Å². The number of nitrogens with zero attached hydrogens (tertiary/aromatic N) is 2. The summed E-state index contributed by atoms with van der Waals surface area (Å²) in [7, 11) is -3.39. The number of carbonyl (C=O) groups is 1. The Labute approximate surface area is 147 Å². The lowest BCUT2D eigenvalue weighted by atomic mass is 10.0. The van der Waals surface area contributed by atoms with Crippen LogP contribution in [0.1, 0.15) is 21.6 Å². The predicted octanol–water partition coefficient (Wildman–Crippen LogP) is 1.48. The van der Waals surface area contributed by atoms with Crippen LogP contribution in [0.3, 0.4) is 0 Å². The van der Waals surface area contributed by atoms with Gasteiger partial charge in [0.1, 0.15) is 0 Å². The molecule has 7 nitrogen and oxygen atoms in total. The Morgan fingerprint density at radius 2 is 1.88 bits per heavy atom. The van der Waals surface area contributed by atoms with Crippen molar-refractivity contribution in [3.05, 3.63) is 40.9 Å². The van der Waals surface area contributed by atoms with Crippen LogP contribution in [0.25, 0.3) is 10.9 Å². The van der Waals surface area contributed by atoms with Gasteiger partial charge in [0.25, 0.3) is 5.91 Å². The summed E-state index contributed by atoms with van der Waals surface area (Å²) < 4.78 is 25.3. The number of nitrogens with two attached hydrogens (primary N) is 1. The summed E-state index contributed by atoms with van der Waals surface area (Å²) >= 11 is 0. The Bertz CT molecular complexity index is 954. The first kappa shape index (κ1) is 17.5. The number of piperazine rings is 1. The van der Waals surface area contributed by atoms with Gasteiger partial charge in [0.05, 0.1) is 11.1 Å². The van der Waals surface area contributed by atoms with Crippen LogP contribution in [0.15, 0.2) is 24.1 Å². The molecule has 1 aromatic carbocycles. The van der Waals surface area contributed by atoms with Crippen molar-refractivity contribution in [1.82, 2.24) is 9.29 Å². The van der Waals surface area contributed by atoms with E-state index in [2.05, 4.69) is 16.5 Å². The van der Waals surface area contributed by atoms with E-state index in [0.29, 0.717) is 31.7 Å². The molecule has 1 aliphatic heterocycles. The summed E-state index contributed by atoms with van der Waals surface area (Å²) in [6.45, 7) is 9.27. The molecule has 25 heavy (non-hydrogen) atoms. The van der Waals surface area contributed by atoms with Gasteiger partial charge >= 0.3 is 0 Å². The van der Waals surface area contributed by atoms with Gasteiger partial charge in [-0.1, -0.05) is 6.58 Å². The average molecular weight is 362 g/mol. The lowest BCUT2D eigenvalue weighted by Gasteiger charge is -2.35. The number of aromatic nitrogens is 1. The van der Waals surface area contributed by atoms with Crippen LogP contribution in [0, 0.1) is 13.8 Å². The fourth-order valence-corrected chi connectivity index (χ4v) is 4.21. The van der Waals surface area contributed by atoms with Gasteiger partial charge in [-0.3, -0.25) is 4.79 Å². The number of fused-ring (bicyclic) bond motifs is 1. The largest absolute Gasteiger partial charge is 0.368 e. The molecule has 1 amide bonds. The van der Waals surface area contributed by atoms with Gasteiger partial charge < -0.3 is 15.6 Å². The van der Waals surface area contributed by atoms with E-state index in [1.807, 2.05) is 19.9 Å². The van der Waals surface area contributed by atoms with E-state index >= 15 is 0 Å². The van der Waals surface area contributed by atoms with Gasteiger partial charge in [0.15, 0.2) is 0 Å². The second kappa shape index (κ2) is 6.20. The number of hydrogen-bond donors (Lipinski definition) is 2. The second-order valence-electron chi connectivity index (χ2n) is 6.22. The molecule has 1 aliphatic rings. The van der Waals surface area contributed by atoms with Crippen molar-refractivity contribution in [2.75, 3.05) is 31.1 Å². The van der Waals surface area contributed by atoms with Crippen molar-refractivity contribution in [2.24, 2.45) is 5.73 Å². The number of anilines is 1. The predicted molar refractivity (Wildman–Crippen MR) is 99.2 cm³/mol. The van der Waals surface area contributed by atoms with Gasteiger partial charge in [-0.05, 0) is 31.5 Å². The number of benzene rings is 1. The number of amides is 1. The van der Waals surface area contributed by atoms with Crippen molar-refractivity contribution in [1.29, 1.82) is 0 Å². The number of nitrogens with one attached hydrogen (secondary N) is 1. The highest BCUT2D eigenvalue weighted by Crippen LogP contribution is 2.34. The quantitative estimate of drug-likeness (QED) is 0.860. The van der Waals surface area contributed by atoms with Crippen LogP contribution in [0.4, 0.5) is 5.69 Å². The summed E-state index contributed by atoms with van der Waals surface area (Å²) in [6.07, 6.45) is 0. The van der Waals surface area contributed by atoms with E-state index in [4.69, 9.17) is 5.73 Å². The number of aromatic amines is 1. The maximum Gasteiger partial charge on any atom is 0.250 e. The molecule has 0 radical (unpaired) electrons. The maximum atomic E-state index is 11.9. The van der Waals surface area contributed by atoms with Crippen LogP contribution in [-0.4, -0.2) is 49.8 Å². The third kappa shape index (κ3) is 2.91. The Balaban J connectivity index is 2.00. The molecule has 0 unspecified atom stereocenters. The molecule has 1 fully saturated rings. The minimum Gasteiger partial charge on any atom is -0.368 e. The van der Waals surface area contributed by atoms with Gasteiger partial charge in [-0.25, -0.2) is 8.42 Å². The van der Waals surface area contributed by atoms with Crippen LogP contribution in [-0.2, 0) is 10.0 Å². The molecule has 0 saturated carbocycles. The summed E-state index contributed by atoms with van der Waals surface area (Å²) in [5, 5.41) is 1.95. The van der Waals surface area contributed by atoms with Gasteiger partial charge in [-0.2, -0.15) is 4.31 Å². The smallest absolute Gasteiger partial charge is 0.250 e. The molecule has 0 atom stereocenters. The summed E-state index contributed by atoms with van der Waals surface area (Å²) in [6, 6.07) is 3.61. The summed E-state index contributed by atoms with van der Waals surface area (Å²) in [5.74, 6) is -0.473. The van der Waals surface area contributed by atoms with Crippen molar-refractivity contribution in [3.8, 4) is 0 Å². The Morgan fingerprint density at radius 3 is 2.44 bits per heavy atom. The zero-order valence-electron chi connectivity index (χ0n) is 14.4. The van der Waals surface area contributed by atoms with E-state index in [1.165, 1.54) is 4.31 Å². The molecule has 8 heteroatoms. The molecule has 3 N–H and O–H groups in total. The minimum absolute atomic E-state index is 0.399. The number of sulfonamides is 1. The average Bonchev–Trinajstić information content (AvgIpc) is 2.89. The molecule has 0 spiro atoms. The third-order valence-electron chi connectivity index (χ3n) is 4.85. The van der Waals surface area contributed by atoms with Crippen LogP contribution >= 0.6 is 0 Å². The van der Waals surface area contributed by atoms with E-state index in [1.54, 1.807) is 6.07 Å². The number of carbonyl (C=O) groups excluding carboxylic acids is 1. The Kier molecular flexibility index (Phi) is 4.34. The fourth-order valence-electron chi connectivity index (χ4n) is 3.33. The molecule has 0 bridgehead atoms. The molecular weight excluding hydrogens is 340 g/mol. The Morgan fingerprint density at radius 1 is 1.24 bits per heavy atom. The van der Waals surface area contributed by atoms with Crippen molar-refractivity contribution in [2.45, 2.75) is 13.8 Å². The van der Waals surface area contributed by atoms with E-state index in [0.717, 1.165) is 33.3 Å². The van der Waals surface area contributed by atoms with E-state index in [-0.39, 0.29) is 0 Å². The minimum atomic E-state index is -3.39.